The van der Waals surface area contributed by atoms with E-state index in [9.17, 15) is 4.79 Å². The van der Waals surface area contributed by atoms with Gasteiger partial charge in [0.1, 0.15) is 5.75 Å². The van der Waals surface area contributed by atoms with Crippen LogP contribution in [-0.2, 0) is 0 Å². The molecule has 2 aromatic carbocycles. The number of rotatable bonds is 4. The molecule has 5 nitrogen and oxygen atoms in total. The molecule has 0 fully saturated rings. The Morgan fingerprint density at radius 2 is 2.04 bits per heavy atom. The van der Waals surface area contributed by atoms with E-state index in [-0.39, 0.29) is 5.91 Å². The molecule has 3 rings (SSSR count). The third kappa shape index (κ3) is 3.85. The Morgan fingerprint density at radius 1 is 1.24 bits per heavy atom. The van der Waals surface area contributed by atoms with Gasteiger partial charge in [-0.3, -0.25) is 9.78 Å². The van der Waals surface area contributed by atoms with Crippen LogP contribution < -0.4 is 10.2 Å². The first kappa shape index (κ1) is 17.1. The molecule has 3 aromatic rings. The number of hydrogen-bond donors (Lipinski definition) is 1. The molecule has 25 heavy (non-hydrogen) atoms. The topological polar surface area (TPSA) is 63.6 Å². The number of ether oxygens (including phenoxy) is 1. The van der Waals surface area contributed by atoms with Crippen LogP contribution in [0.2, 0.25) is 0 Å². The zero-order valence-corrected chi connectivity index (χ0v) is 15.4. The summed E-state index contributed by atoms with van der Waals surface area (Å²) in [5.41, 5.74) is 5.31. The zero-order chi connectivity index (χ0) is 17.8. The van der Waals surface area contributed by atoms with Gasteiger partial charge >= 0.3 is 0 Å². The highest BCUT2D eigenvalue weighted by molar-refractivity contribution is 9.10. The molecule has 6 heteroatoms. The van der Waals surface area contributed by atoms with Crippen molar-refractivity contribution in [2.75, 3.05) is 7.11 Å². The molecular weight excluding hydrogens is 382 g/mol. The predicted molar refractivity (Wildman–Crippen MR) is 102 cm³/mol. The number of aromatic nitrogens is 1. The number of pyridine rings is 1. The molecule has 0 saturated carbocycles. The fraction of sp³-hybridized carbons (Fsp3) is 0.105. The molecule has 1 heterocycles. The molecule has 0 aliphatic heterocycles. The molecule has 0 atom stereocenters. The van der Waals surface area contributed by atoms with Crippen molar-refractivity contribution in [3.8, 4) is 5.75 Å². The molecular formula is C19H16BrN3O2. The molecule has 1 amide bonds. The lowest BCUT2D eigenvalue weighted by atomic mass is 10.1. The quantitative estimate of drug-likeness (QED) is 0.532. The first-order chi connectivity index (χ1) is 12.1. The number of fused-ring (bicyclic) bond motifs is 1. The highest BCUT2D eigenvalue weighted by atomic mass is 79.9. The Kier molecular flexibility index (Phi) is 5.09. The van der Waals surface area contributed by atoms with Crippen LogP contribution in [0, 0.1) is 6.92 Å². The summed E-state index contributed by atoms with van der Waals surface area (Å²) in [6.45, 7) is 1.81. The number of aryl methyl sites for hydroxylation is 1. The van der Waals surface area contributed by atoms with Gasteiger partial charge in [0, 0.05) is 15.4 Å². The number of halogens is 1. The van der Waals surface area contributed by atoms with Crippen LogP contribution in [0.4, 0.5) is 0 Å². The number of benzene rings is 2. The Hall–Kier alpha value is -2.73. The normalized spacial score (nSPS) is 11.0. The number of hydrogen-bond acceptors (Lipinski definition) is 4. The summed E-state index contributed by atoms with van der Waals surface area (Å²) in [6, 6.07) is 15.1. The number of amides is 1. The lowest BCUT2D eigenvalue weighted by Gasteiger charge is -2.07. The highest BCUT2D eigenvalue weighted by Crippen LogP contribution is 2.21. The van der Waals surface area contributed by atoms with Gasteiger partial charge in [-0.25, -0.2) is 5.43 Å². The van der Waals surface area contributed by atoms with Crippen molar-refractivity contribution in [2.24, 2.45) is 5.10 Å². The molecule has 0 radical (unpaired) electrons. The fourth-order valence-electron chi connectivity index (χ4n) is 2.47. The third-order valence-corrected chi connectivity index (χ3v) is 4.21. The lowest BCUT2D eigenvalue weighted by Crippen LogP contribution is -2.19. The van der Waals surface area contributed by atoms with Crippen molar-refractivity contribution >= 4 is 39.0 Å². The number of carbonyl (C=O) groups is 1. The van der Waals surface area contributed by atoms with E-state index in [0.717, 1.165) is 20.9 Å². The second kappa shape index (κ2) is 7.44. The van der Waals surface area contributed by atoms with Crippen molar-refractivity contribution in [3.63, 3.8) is 0 Å². The summed E-state index contributed by atoms with van der Waals surface area (Å²) >= 11 is 3.40. The van der Waals surface area contributed by atoms with Crippen LogP contribution in [0.5, 0.6) is 5.75 Å². The smallest absolute Gasteiger partial charge is 0.273 e. The van der Waals surface area contributed by atoms with Crippen LogP contribution in [0.25, 0.3) is 10.9 Å². The van der Waals surface area contributed by atoms with Crippen molar-refractivity contribution < 1.29 is 9.53 Å². The Balaban J connectivity index is 1.81. The van der Waals surface area contributed by atoms with Crippen LogP contribution in [-0.4, -0.2) is 24.2 Å². The summed E-state index contributed by atoms with van der Waals surface area (Å²) in [5, 5.41) is 4.95. The standard InChI is InChI=1S/C19H16BrN3O2/c1-12-16(10-13-5-3-4-6-17(13)22-12)19(24)23-21-11-14-9-15(20)7-8-18(14)25-2/h3-11H,1-2H3,(H,23,24)/b21-11+. The first-order valence-electron chi connectivity index (χ1n) is 7.62. The SMILES string of the molecule is COc1ccc(Br)cc1/C=N/NC(=O)c1cc2ccccc2nc1C. The minimum atomic E-state index is -0.305. The van der Waals surface area contributed by atoms with E-state index < -0.39 is 0 Å². The minimum absolute atomic E-state index is 0.305. The summed E-state index contributed by atoms with van der Waals surface area (Å²) in [5.74, 6) is 0.366. The van der Waals surface area contributed by atoms with E-state index in [1.165, 1.54) is 0 Å². The van der Waals surface area contributed by atoms with Gasteiger partial charge in [0.25, 0.3) is 5.91 Å². The lowest BCUT2D eigenvalue weighted by molar-refractivity contribution is 0.0954. The van der Waals surface area contributed by atoms with Crippen molar-refractivity contribution in [3.05, 3.63) is 69.8 Å². The fourth-order valence-corrected chi connectivity index (χ4v) is 2.85. The van der Waals surface area contributed by atoms with Gasteiger partial charge in [-0.1, -0.05) is 34.1 Å². The molecule has 1 aromatic heterocycles. The Bertz CT molecular complexity index is 970. The minimum Gasteiger partial charge on any atom is -0.496 e. The molecule has 0 saturated heterocycles. The van der Waals surface area contributed by atoms with E-state index >= 15 is 0 Å². The number of methoxy groups -OCH3 is 1. The average Bonchev–Trinajstić information content (AvgIpc) is 2.61. The number of nitrogens with zero attached hydrogens (tertiary/aromatic N) is 2. The van der Waals surface area contributed by atoms with Crippen LogP contribution in [0.3, 0.4) is 0 Å². The molecule has 0 aliphatic carbocycles. The molecule has 0 aliphatic rings. The molecule has 0 spiro atoms. The predicted octanol–water partition coefficient (Wildman–Crippen LogP) is 4.08. The first-order valence-corrected chi connectivity index (χ1v) is 8.41. The second-order valence-electron chi connectivity index (χ2n) is 5.40. The molecule has 1 N–H and O–H groups in total. The number of para-hydroxylation sites is 1. The maximum atomic E-state index is 12.4. The zero-order valence-electron chi connectivity index (χ0n) is 13.8. The van der Waals surface area contributed by atoms with Gasteiger partial charge in [0.05, 0.1) is 30.1 Å². The Labute approximate surface area is 153 Å². The Morgan fingerprint density at radius 3 is 2.84 bits per heavy atom. The van der Waals surface area contributed by atoms with Gasteiger partial charge in [-0.15, -0.1) is 0 Å². The van der Waals surface area contributed by atoms with E-state index in [0.29, 0.717) is 17.0 Å². The van der Waals surface area contributed by atoms with E-state index in [1.54, 1.807) is 13.3 Å². The summed E-state index contributed by atoms with van der Waals surface area (Å²) in [7, 11) is 1.59. The largest absolute Gasteiger partial charge is 0.496 e. The number of nitrogens with one attached hydrogen (secondary N) is 1. The van der Waals surface area contributed by atoms with Crippen LogP contribution >= 0.6 is 15.9 Å². The van der Waals surface area contributed by atoms with Gasteiger partial charge in [0.2, 0.25) is 0 Å². The molecule has 0 bridgehead atoms. The summed E-state index contributed by atoms with van der Waals surface area (Å²) < 4.78 is 6.17. The van der Waals surface area contributed by atoms with Gasteiger partial charge in [0.15, 0.2) is 0 Å². The van der Waals surface area contributed by atoms with E-state index in [1.807, 2.05) is 55.5 Å². The van der Waals surface area contributed by atoms with Crippen molar-refractivity contribution in [1.29, 1.82) is 0 Å². The second-order valence-corrected chi connectivity index (χ2v) is 6.32. The van der Waals surface area contributed by atoms with Crippen LogP contribution in [0.15, 0.2) is 58.1 Å². The molecule has 126 valence electrons. The number of hydrazone groups is 1. The van der Waals surface area contributed by atoms with Gasteiger partial charge in [-0.05, 0) is 37.3 Å². The third-order valence-electron chi connectivity index (χ3n) is 3.72. The summed E-state index contributed by atoms with van der Waals surface area (Å²) in [6.07, 6.45) is 1.55. The van der Waals surface area contributed by atoms with E-state index in [2.05, 4.69) is 31.4 Å². The van der Waals surface area contributed by atoms with Crippen molar-refractivity contribution in [1.82, 2.24) is 10.4 Å². The molecule has 0 unspecified atom stereocenters. The van der Waals surface area contributed by atoms with Gasteiger partial charge in [-0.2, -0.15) is 5.10 Å². The number of carbonyl (C=O) groups excluding carboxylic acids is 1. The highest BCUT2D eigenvalue weighted by Gasteiger charge is 2.11. The maximum absolute atomic E-state index is 12.4. The van der Waals surface area contributed by atoms with Gasteiger partial charge < -0.3 is 4.74 Å². The average molecular weight is 398 g/mol. The monoisotopic (exact) mass is 397 g/mol. The van der Waals surface area contributed by atoms with Crippen molar-refractivity contribution in [2.45, 2.75) is 6.92 Å². The van der Waals surface area contributed by atoms with E-state index in [4.69, 9.17) is 4.74 Å². The maximum Gasteiger partial charge on any atom is 0.273 e. The summed E-state index contributed by atoms with van der Waals surface area (Å²) in [4.78, 5) is 16.9. The van der Waals surface area contributed by atoms with Crippen LogP contribution in [0.1, 0.15) is 21.6 Å².